The van der Waals surface area contributed by atoms with E-state index in [1.807, 2.05) is 44.2 Å². The Balaban J connectivity index is 1.97. The maximum Gasteiger partial charge on any atom is 0.257 e. The quantitative estimate of drug-likeness (QED) is 0.745. The minimum absolute atomic E-state index is 0.142. The summed E-state index contributed by atoms with van der Waals surface area (Å²) in [6.45, 7) is 3.98. The van der Waals surface area contributed by atoms with E-state index < -0.39 is 0 Å². The number of H-pyrrole nitrogens is 1. The number of nitrogens with one attached hydrogen (secondary N) is 2. The highest BCUT2D eigenvalue weighted by molar-refractivity contribution is 6.11. The molecule has 20 heavy (non-hydrogen) atoms. The van der Waals surface area contributed by atoms with Gasteiger partial charge in [0.25, 0.3) is 5.91 Å². The molecular weight excluding hydrogens is 250 g/mol. The number of hydrogen-bond acceptors (Lipinski definition) is 2. The number of aryl methyl sites for hydroxylation is 2. The Labute approximate surface area is 116 Å². The summed E-state index contributed by atoms with van der Waals surface area (Å²) in [6.07, 6.45) is 1.60. The number of nitrogens with zero attached hydrogens (tertiary/aromatic N) is 1. The van der Waals surface area contributed by atoms with Crippen LogP contribution in [-0.2, 0) is 0 Å². The number of anilines is 1. The normalized spacial score (nSPS) is 10.7. The molecule has 0 bridgehead atoms. The van der Waals surface area contributed by atoms with E-state index >= 15 is 0 Å². The molecule has 100 valence electrons. The van der Waals surface area contributed by atoms with Gasteiger partial charge in [0.05, 0.1) is 17.4 Å². The number of aromatic nitrogens is 2. The first-order valence-electron chi connectivity index (χ1n) is 6.46. The Bertz CT molecular complexity index is 789. The largest absolute Gasteiger partial charge is 0.345 e. The maximum atomic E-state index is 12.4. The third-order valence-electron chi connectivity index (χ3n) is 3.34. The lowest BCUT2D eigenvalue weighted by atomic mass is 10.1. The van der Waals surface area contributed by atoms with E-state index in [2.05, 4.69) is 15.3 Å². The lowest BCUT2D eigenvalue weighted by Crippen LogP contribution is -2.13. The summed E-state index contributed by atoms with van der Waals surface area (Å²) in [5.74, 6) is -0.142. The molecule has 1 heterocycles. The zero-order valence-electron chi connectivity index (χ0n) is 11.4. The molecule has 0 aliphatic carbocycles. The predicted octanol–water partition coefficient (Wildman–Crippen LogP) is 3.43. The van der Waals surface area contributed by atoms with Crippen molar-refractivity contribution < 1.29 is 4.79 Å². The molecule has 0 atom stereocenters. The molecule has 0 radical (unpaired) electrons. The van der Waals surface area contributed by atoms with Gasteiger partial charge < -0.3 is 10.3 Å². The molecule has 0 saturated heterocycles. The van der Waals surface area contributed by atoms with Gasteiger partial charge in [-0.25, -0.2) is 4.98 Å². The van der Waals surface area contributed by atoms with Gasteiger partial charge in [0.15, 0.2) is 0 Å². The second kappa shape index (κ2) is 4.81. The van der Waals surface area contributed by atoms with Gasteiger partial charge in [-0.2, -0.15) is 0 Å². The highest BCUT2D eigenvalue weighted by atomic mass is 16.1. The lowest BCUT2D eigenvalue weighted by Gasteiger charge is -2.09. The van der Waals surface area contributed by atoms with E-state index in [4.69, 9.17) is 0 Å². The highest BCUT2D eigenvalue weighted by Crippen LogP contribution is 2.20. The van der Waals surface area contributed by atoms with Gasteiger partial charge in [-0.3, -0.25) is 4.79 Å². The van der Waals surface area contributed by atoms with E-state index in [0.717, 1.165) is 22.3 Å². The Morgan fingerprint density at radius 3 is 2.90 bits per heavy atom. The summed E-state index contributed by atoms with van der Waals surface area (Å²) in [6, 6.07) is 11.5. The second-order valence-corrected chi connectivity index (χ2v) is 4.88. The lowest BCUT2D eigenvalue weighted by molar-refractivity contribution is 0.102. The molecule has 0 fully saturated rings. The first-order valence-corrected chi connectivity index (χ1v) is 6.46. The number of fused-ring (bicyclic) bond motifs is 1. The summed E-state index contributed by atoms with van der Waals surface area (Å²) in [5, 5.41) is 2.96. The standard InChI is InChI=1S/C16H15N3O/c1-10-6-7-11(2)14(8-10)19-16(20)12-4-3-5-13-15(12)18-9-17-13/h3-9H,1-2H3,(H,17,18)(H,19,20). The molecule has 1 aromatic heterocycles. The third kappa shape index (κ3) is 2.16. The molecule has 2 N–H and O–H groups in total. The zero-order valence-corrected chi connectivity index (χ0v) is 11.4. The summed E-state index contributed by atoms with van der Waals surface area (Å²) in [5.41, 5.74) is 5.11. The number of para-hydroxylation sites is 1. The number of imidazole rings is 1. The molecule has 4 nitrogen and oxygen atoms in total. The number of carbonyl (C=O) groups excluding carboxylic acids is 1. The Morgan fingerprint density at radius 2 is 2.05 bits per heavy atom. The van der Waals surface area contributed by atoms with Crippen LogP contribution in [0.3, 0.4) is 0 Å². The van der Waals surface area contributed by atoms with Crippen LogP contribution >= 0.6 is 0 Å². The number of benzene rings is 2. The fourth-order valence-corrected chi connectivity index (χ4v) is 2.21. The molecule has 0 spiro atoms. The van der Waals surface area contributed by atoms with Gasteiger partial charge in [-0.1, -0.05) is 18.2 Å². The Kier molecular flexibility index (Phi) is 2.99. The number of rotatable bonds is 2. The van der Waals surface area contributed by atoms with Crippen molar-refractivity contribution in [2.24, 2.45) is 0 Å². The maximum absolute atomic E-state index is 12.4. The van der Waals surface area contributed by atoms with E-state index in [1.165, 1.54) is 0 Å². The van der Waals surface area contributed by atoms with Crippen LogP contribution in [-0.4, -0.2) is 15.9 Å². The Morgan fingerprint density at radius 1 is 1.20 bits per heavy atom. The molecule has 0 aliphatic heterocycles. The van der Waals surface area contributed by atoms with Gasteiger partial charge in [0.1, 0.15) is 5.52 Å². The van der Waals surface area contributed by atoms with E-state index in [-0.39, 0.29) is 5.91 Å². The van der Waals surface area contributed by atoms with Crippen LogP contribution in [0, 0.1) is 13.8 Å². The van der Waals surface area contributed by atoms with Crippen LogP contribution in [0.15, 0.2) is 42.7 Å². The molecule has 0 saturated carbocycles. The number of carbonyl (C=O) groups is 1. The van der Waals surface area contributed by atoms with Crippen molar-refractivity contribution in [1.29, 1.82) is 0 Å². The highest BCUT2D eigenvalue weighted by Gasteiger charge is 2.12. The van der Waals surface area contributed by atoms with E-state index in [1.54, 1.807) is 12.4 Å². The molecule has 3 aromatic rings. The number of amides is 1. The van der Waals surface area contributed by atoms with E-state index in [0.29, 0.717) is 11.1 Å². The summed E-state index contributed by atoms with van der Waals surface area (Å²) in [7, 11) is 0. The fourth-order valence-electron chi connectivity index (χ4n) is 2.21. The van der Waals surface area contributed by atoms with E-state index in [9.17, 15) is 4.79 Å². The average molecular weight is 265 g/mol. The van der Waals surface area contributed by atoms with Crippen LogP contribution in [0.2, 0.25) is 0 Å². The molecule has 2 aromatic carbocycles. The fraction of sp³-hybridized carbons (Fsp3) is 0.125. The topological polar surface area (TPSA) is 57.8 Å². The van der Waals surface area contributed by atoms with Crippen LogP contribution in [0.4, 0.5) is 5.69 Å². The Hall–Kier alpha value is -2.62. The van der Waals surface area contributed by atoms with Crippen molar-refractivity contribution in [3.05, 3.63) is 59.4 Å². The van der Waals surface area contributed by atoms with Crippen molar-refractivity contribution in [3.63, 3.8) is 0 Å². The molecule has 1 amide bonds. The monoisotopic (exact) mass is 265 g/mol. The zero-order chi connectivity index (χ0) is 14.1. The van der Waals surface area contributed by atoms with Crippen LogP contribution in [0.25, 0.3) is 11.0 Å². The minimum Gasteiger partial charge on any atom is -0.345 e. The van der Waals surface area contributed by atoms with Crippen molar-refractivity contribution in [2.75, 3.05) is 5.32 Å². The average Bonchev–Trinajstić information content (AvgIpc) is 2.91. The first-order chi connectivity index (χ1) is 9.65. The molecule has 0 aliphatic rings. The van der Waals surface area contributed by atoms with Crippen LogP contribution < -0.4 is 5.32 Å². The van der Waals surface area contributed by atoms with Crippen LogP contribution in [0.5, 0.6) is 0 Å². The van der Waals surface area contributed by atoms with Crippen molar-refractivity contribution in [2.45, 2.75) is 13.8 Å². The molecule has 0 unspecified atom stereocenters. The second-order valence-electron chi connectivity index (χ2n) is 4.88. The smallest absolute Gasteiger partial charge is 0.257 e. The number of aromatic amines is 1. The molecule has 4 heteroatoms. The summed E-state index contributed by atoms with van der Waals surface area (Å²) < 4.78 is 0. The molecular formula is C16H15N3O. The van der Waals surface area contributed by atoms with Gasteiger partial charge in [-0.15, -0.1) is 0 Å². The minimum atomic E-state index is -0.142. The van der Waals surface area contributed by atoms with Crippen molar-refractivity contribution >= 4 is 22.6 Å². The van der Waals surface area contributed by atoms with Gasteiger partial charge in [0, 0.05) is 5.69 Å². The first kappa shape index (κ1) is 12.4. The van der Waals surface area contributed by atoms with Crippen LogP contribution in [0.1, 0.15) is 21.5 Å². The number of hydrogen-bond donors (Lipinski definition) is 2. The van der Waals surface area contributed by atoms with Gasteiger partial charge in [-0.05, 0) is 43.2 Å². The molecule has 3 rings (SSSR count). The van der Waals surface area contributed by atoms with Gasteiger partial charge in [0.2, 0.25) is 0 Å². The summed E-state index contributed by atoms with van der Waals surface area (Å²) >= 11 is 0. The van der Waals surface area contributed by atoms with Crippen molar-refractivity contribution in [1.82, 2.24) is 9.97 Å². The predicted molar refractivity (Wildman–Crippen MR) is 80.0 cm³/mol. The summed E-state index contributed by atoms with van der Waals surface area (Å²) in [4.78, 5) is 19.6. The van der Waals surface area contributed by atoms with Gasteiger partial charge >= 0.3 is 0 Å². The third-order valence-corrected chi connectivity index (χ3v) is 3.34. The SMILES string of the molecule is Cc1ccc(C)c(NC(=O)c2cccc3[nH]cnc23)c1. The van der Waals surface area contributed by atoms with Crippen molar-refractivity contribution in [3.8, 4) is 0 Å².